The van der Waals surface area contributed by atoms with Crippen molar-refractivity contribution < 1.29 is 15.0 Å². The van der Waals surface area contributed by atoms with Crippen LogP contribution in [0, 0.1) is 0 Å². The second-order valence-electron chi connectivity index (χ2n) is 3.77. The Bertz CT molecular complexity index is 605. The Morgan fingerprint density at radius 3 is 2.59 bits per heavy atom. The van der Waals surface area contributed by atoms with E-state index in [0.717, 1.165) is 15.4 Å². The van der Waals surface area contributed by atoms with Crippen LogP contribution in [0.25, 0.3) is 10.8 Å². The maximum absolute atomic E-state index is 11.1. The molecule has 3 nitrogen and oxygen atoms in total. The number of benzene rings is 2. The van der Waals surface area contributed by atoms with Gasteiger partial charge in [0.2, 0.25) is 0 Å². The molecule has 0 aromatic heterocycles. The highest BCUT2D eigenvalue weighted by Crippen LogP contribution is 2.33. The number of carboxylic acid groups (broad SMARTS) is 1. The fourth-order valence-corrected chi connectivity index (χ4v) is 2.37. The van der Waals surface area contributed by atoms with E-state index in [9.17, 15) is 9.90 Å². The number of carbonyl (C=O) groups is 1. The molecule has 0 bridgehead atoms. The highest BCUT2D eigenvalue weighted by molar-refractivity contribution is 9.10. The lowest BCUT2D eigenvalue weighted by atomic mass is 9.96. The smallest absolute Gasteiger partial charge is 0.336 e. The zero-order valence-corrected chi connectivity index (χ0v) is 10.8. The summed E-state index contributed by atoms with van der Waals surface area (Å²) >= 11 is 3.33. The molecule has 0 aliphatic rings. The first kappa shape index (κ1) is 11.9. The molecular weight excluding hydrogens is 284 g/mol. The van der Waals surface area contributed by atoms with Gasteiger partial charge in [-0.2, -0.15) is 0 Å². The van der Waals surface area contributed by atoms with E-state index in [4.69, 9.17) is 5.11 Å². The molecule has 88 valence electrons. The topological polar surface area (TPSA) is 57.5 Å². The minimum absolute atomic E-state index is 0.00380. The molecule has 0 heterocycles. The van der Waals surface area contributed by atoms with Crippen LogP contribution in [-0.4, -0.2) is 16.2 Å². The Hall–Kier alpha value is -1.55. The summed E-state index contributed by atoms with van der Waals surface area (Å²) in [5, 5.41) is 20.4. The van der Waals surface area contributed by atoms with E-state index in [-0.39, 0.29) is 11.3 Å². The standard InChI is InChI=1S/C13H11BrO3/c1-2-8-9-4-3-7(14)5-10(9)12(15)6-11(8)13(16)17/h3-6,15H,2H2,1H3,(H,16,17). The summed E-state index contributed by atoms with van der Waals surface area (Å²) in [7, 11) is 0. The number of hydrogen-bond acceptors (Lipinski definition) is 2. The maximum Gasteiger partial charge on any atom is 0.336 e. The predicted molar refractivity (Wildman–Crippen MR) is 69.7 cm³/mol. The van der Waals surface area contributed by atoms with Gasteiger partial charge in [0.15, 0.2) is 0 Å². The van der Waals surface area contributed by atoms with Gasteiger partial charge in [-0.15, -0.1) is 0 Å². The van der Waals surface area contributed by atoms with E-state index >= 15 is 0 Å². The lowest BCUT2D eigenvalue weighted by molar-refractivity contribution is 0.0695. The molecule has 0 saturated heterocycles. The first-order chi connectivity index (χ1) is 8.04. The molecule has 2 aromatic carbocycles. The van der Waals surface area contributed by atoms with Crippen LogP contribution in [0.15, 0.2) is 28.7 Å². The third-order valence-electron chi connectivity index (χ3n) is 2.77. The molecule has 2 N–H and O–H groups in total. The van der Waals surface area contributed by atoms with Crippen molar-refractivity contribution in [2.75, 3.05) is 0 Å². The largest absolute Gasteiger partial charge is 0.507 e. The number of fused-ring (bicyclic) bond motifs is 1. The highest BCUT2D eigenvalue weighted by Gasteiger charge is 2.15. The van der Waals surface area contributed by atoms with Crippen molar-refractivity contribution in [3.05, 3.63) is 39.9 Å². The van der Waals surface area contributed by atoms with Gasteiger partial charge < -0.3 is 10.2 Å². The van der Waals surface area contributed by atoms with Gasteiger partial charge in [0.1, 0.15) is 5.75 Å². The number of phenols is 1. The molecule has 0 aliphatic heterocycles. The number of rotatable bonds is 2. The van der Waals surface area contributed by atoms with Crippen LogP contribution in [0.3, 0.4) is 0 Å². The van der Waals surface area contributed by atoms with Gasteiger partial charge in [-0.25, -0.2) is 4.79 Å². The van der Waals surface area contributed by atoms with Crippen LogP contribution < -0.4 is 0 Å². The molecule has 0 spiro atoms. The number of hydrogen-bond donors (Lipinski definition) is 2. The molecule has 0 unspecified atom stereocenters. The van der Waals surface area contributed by atoms with Gasteiger partial charge in [0, 0.05) is 9.86 Å². The number of phenolic OH excluding ortho intramolecular Hbond substituents is 1. The average Bonchev–Trinajstić information content (AvgIpc) is 2.29. The molecule has 0 saturated carbocycles. The first-order valence-electron chi connectivity index (χ1n) is 5.22. The minimum atomic E-state index is -1.01. The quantitative estimate of drug-likeness (QED) is 0.890. The van der Waals surface area contributed by atoms with E-state index in [1.54, 1.807) is 6.07 Å². The molecule has 4 heteroatoms. The van der Waals surface area contributed by atoms with E-state index in [1.807, 2.05) is 19.1 Å². The second kappa shape index (κ2) is 4.37. The Labute approximate surface area is 107 Å². The number of carboxylic acids is 1. The van der Waals surface area contributed by atoms with Crippen molar-refractivity contribution >= 4 is 32.7 Å². The van der Waals surface area contributed by atoms with Crippen LogP contribution in [0.5, 0.6) is 5.75 Å². The molecule has 0 amide bonds. The summed E-state index contributed by atoms with van der Waals surface area (Å²) in [4.78, 5) is 11.1. The molecule has 2 aromatic rings. The Morgan fingerprint density at radius 1 is 1.29 bits per heavy atom. The average molecular weight is 295 g/mol. The van der Waals surface area contributed by atoms with Gasteiger partial charge in [-0.05, 0) is 35.6 Å². The van der Waals surface area contributed by atoms with Crippen LogP contribution in [0.1, 0.15) is 22.8 Å². The summed E-state index contributed by atoms with van der Waals surface area (Å²) in [6.45, 7) is 1.90. The van der Waals surface area contributed by atoms with Crippen molar-refractivity contribution in [1.29, 1.82) is 0 Å². The van der Waals surface area contributed by atoms with E-state index in [0.29, 0.717) is 11.8 Å². The number of aromatic carboxylic acids is 1. The summed E-state index contributed by atoms with van der Waals surface area (Å²) in [6.07, 6.45) is 0.611. The summed E-state index contributed by atoms with van der Waals surface area (Å²) in [5.74, 6) is -1.02. The molecule has 17 heavy (non-hydrogen) atoms. The number of aromatic hydroxyl groups is 1. The lowest BCUT2D eigenvalue weighted by Gasteiger charge is -2.10. The zero-order valence-electron chi connectivity index (χ0n) is 9.20. The van der Waals surface area contributed by atoms with E-state index in [2.05, 4.69) is 15.9 Å². The van der Waals surface area contributed by atoms with Crippen molar-refractivity contribution in [2.45, 2.75) is 13.3 Å². The Balaban J connectivity index is 2.90. The van der Waals surface area contributed by atoms with Crippen molar-refractivity contribution in [1.82, 2.24) is 0 Å². The van der Waals surface area contributed by atoms with E-state index in [1.165, 1.54) is 6.07 Å². The SMILES string of the molecule is CCc1c(C(=O)O)cc(O)c2cc(Br)ccc12. The fourth-order valence-electron chi connectivity index (χ4n) is 2.01. The van der Waals surface area contributed by atoms with Gasteiger partial charge in [-0.3, -0.25) is 0 Å². The monoisotopic (exact) mass is 294 g/mol. The normalized spacial score (nSPS) is 10.7. The van der Waals surface area contributed by atoms with Crippen molar-refractivity contribution in [2.24, 2.45) is 0 Å². The number of halogens is 1. The van der Waals surface area contributed by atoms with Gasteiger partial charge >= 0.3 is 5.97 Å². The molecule has 0 aliphatic carbocycles. The Morgan fingerprint density at radius 2 is 2.00 bits per heavy atom. The van der Waals surface area contributed by atoms with Gasteiger partial charge in [0.25, 0.3) is 0 Å². The molecule has 0 atom stereocenters. The second-order valence-corrected chi connectivity index (χ2v) is 4.69. The van der Waals surface area contributed by atoms with Crippen LogP contribution in [-0.2, 0) is 6.42 Å². The van der Waals surface area contributed by atoms with Gasteiger partial charge in [0.05, 0.1) is 5.56 Å². The fraction of sp³-hybridized carbons (Fsp3) is 0.154. The molecule has 2 rings (SSSR count). The summed E-state index contributed by atoms with van der Waals surface area (Å²) < 4.78 is 0.852. The van der Waals surface area contributed by atoms with Crippen LogP contribution >= 0.6 is 15.9 Å². The van der Waals surface area contributed by atoms with Crippen molar-refractivity contribution in [3.8, 4) is 5.75 Å². The molecular formula is C13H11BrO3. The molecule has 0 radical (unpaired) electrons. The van der Waals surface area contributed by atoms with E-state index < -0.39 is 5.97 Å². The predicted octanol–water partition coefficient (Wildman–Crippen LogP) is 3.57. The summed E-state index contributed by atoms with van der Waals surface area (Å²) in [5.41, 5.74) is 0.914. The minimum Gasteiger partial charge on any atom is -0.507 e. The first-order valence-corrected chi connectivity index (χ1v) is 6.01. The zero-order chi connectivity index (χ0) is 12.6. The van der Waals surface area contributed by atoms with Crippen LogP contribution in [0.4, 0.5) is 0 Å². The highest BCUT2D eigenvalue weighted by atomic mass is 79.9. The van der Waals surface area contributed by atoms with Crippen LogP contribution in [0.2, 0.25) is 0 Å². The number of aryl methyl sites for hydroxylation is 1. The lowest BCUT2D eigenvalue weighted by Crippen LogP contribution is -2.02. The summed E-state index contributed by atoms with van der Waals surface area (Å²) in [6, 6.07) is 6.77. The van der Waals surface area contributed by atoms with Gasteiger partial charge in [-0.1, -0.05) is 28.9 Å². The molecule has 0 fully saturated rings. The maximum atomic E-state index is 11.1. The Kier molecular flexibility index (Phi) is 3.07. The third kappa shape index (κ3) is 2.00. The third-order valence-corrected chi connectivity index (χ3v) is 3.27. The van der Waals surface area contributed by atoms with Crippen molar-refractivity contribution in [3.63, 3.8) is 0 Å².